The normalized spacial score (nSPS) is 15.0. The number of carbonyl (C=O) groups is 1. The van der Waals surface area contributed by atoms with E-state index in [0.29, 0.717) is 12.1 Å². The summed E-state index contributed by atoms with van der Waals surface area (Å²) in [6.07, 6.45) is 3.49. The number of aromatic nitrogens is 2. The van der Waals surface area contributed by atoms with Crippen LogP contribution >= 0.6 is 11.3 Å². The highest BCUT2D eigenvalue weighted by Gasteiger charge is 2.20. The van der Waals surface area contributed by atoms with Crippen LogP contribution in [0.25, 0.3) is 21.0 Å². The number of benzene rings is 1. The number of hydrogen-bond donors (Lipinski definition) is 1. The maximum atomic E-state index is 12.7. The van der Waals surface area contributed by atoms with Crippen LogP contribution in [0.1, 0.15) is 15.9 Å². The molecule has 7 heteroatoms. The molecule has 30 heavy (non-hydrogen) atoms. The van der Waals surface area contributed by atoms with Crippen LogP contribution in [0.15, 0.2) is 54.2 Å². The number of nitrogens with zero attached hydrogens (tertiary/aromatic N) is 4. The number of fused-ring (bicyclic) bond motifs is 3. The molecule has 0 bridgehead atoms. The molecule has 6 nitrogen and oxygen atoms in total. The molecule has 3 aromatic heterocycles. The lowest BCUT2D eigenvalue weighted by atomic mass is 10.1. The van der Waals surface area contributed by atoms with Gasteiger partial charge in [0.2, 0.25) is 0 Å². The number of hydrogen-bond acceptors (Lipinski definition) is 6. The lowest BCUT2D eigenvalue weighted by Crippen LogP contribution is -2.44. The minimum atomic E-state index is -0.102. The van der Waals surface area contributed by atoms with Crippen molar-refractivity contribution in [2.24, 2.45) is 0 Å². The van der Waals surface area contributed by atoms with Crippen LogP contribution < -0.4 is 10.2 Å². The van der Waals surface area contributed by atoms with Gasteiger partial charge in [-0.1, -0.05) is 12.1 Å². The van der Waals surface area contributed by atoms with Gasteiger partial charge < -0.3 is 15.1 Å². The Morgan fingerprint density at radius 1 is 1.13 bits per heavy atom. The fraction of sp³-hybridized carbons (Fsp3) is 0.261. The van der Waals surface area contributed by atoms with Crippen molar-refractivity contribution in [3.8, 4) is 0 Å². The second-order valence-electron chi connectivity index (χ2n) is 7.67. The predicted octanol–water partition coefficient (Wildman–Crippen LogP) is 3.53. The Morgan fingerprint density at radius 3 is 2.80 bits per heavy atom. The van der Waals surface area contributed by atoms with Gasteiger partial charge in [0, 0.05) is 66.2 Å². The highest BCUT2D eigenvalue weighted by molar-refractivity contribution is 7.18. The summed E-state index contributed by atoms with van der Waals surface area (Å²) in [5.74, 6) is 0.926. The Bertz CT molecular complexity index is 1200. The molecule has 0 unspecified atom stereocenters. The number of thiophene rings is 1. The zero-order valence-corrected chi connectivity index (χ0v) is 17.7. The molecule has 4 heterocycles. The molecule has 0 radical (unpaired) electrons. The Labute approximate surface area is 179 Å². The monoisotopic (exact) mass is 417 g/mol. The zero-order valence-electron chi connectivity index (χ0n) is 16.8. The van der Waals surface area contributed by atoms with Crippen LogP contribution in [0.2, 0.25) is 0 Å². The summed E-state index contributed by atoms with van der Waals surface area (Å²) in [5.41, 5.74) is 2.47. The van der Waals surface area contributed by atoms with Gasteiger partial charge in [-0.15, -0.1) is 11.3 Å². The first-order valence-electron chi connectivity index (χ1n) is 10.1. The van der Waals surface area contributed by atoms with Crippen molar-refractivity contribution in [2.45, 2.75) is 6.54 Å². The van der Waals surface area contributed by atoms with Gasteiger partial charge in [0.1, 0.15) is 5.82 Å². The Kier molecular flexibility index (Phi) is 5.06. The summed E-state index contributed by atoms with van der Waals surface area (Å²) in [6.45, 7) is 4.44. The van der Waals surface area contributed by atoms with Gasteiger partial charge in [-0.2, -0.15) is 0 Å². The maximum Gasteiger partial charge on any atom is 0.251 e. The molecule has 1 saturated heterocycles. The summed E-state index contributed by atoms with van der Waals surface area (Å²) < 4.78 is 1.23. The van der Waals surface area contributed by atoms with Gasteiger partial charge in [-0.05, 0) is 42.3 Å². The van der Waals surface area contributed by atoms with Crippen molar-refractivity contribution in [3.05, 3.63) is 65.3 Å². The van der Waals surface area contributed by atoms with Crippen LogP contribution in [0.5, 0.6) is 0 Å². The third kappa shape index (κ3) is 3.62. The van der Waals surface area contributed by atoms with Gasteiger partial charge in [0.05, 0.1) is 5.52 Å². The van der Waals surface area contributed by atoms with E-state index in [2.05, 4.69) is 38.6 Å². The smallest absolute Gasteiger partial charge is 0.251 e. The molecule has 1 N–H and O–H groups in total. The number of likely N-dealkylation sites (N-methyl/N-ethyl adjacent to an activating group) is 1. The van der Waals surface area contributed by atoms with E-state index in [-0.39, 0.29) is 5.91 Å². The van der Waals surface area contributed by atoms with Gasteiger partial charge >= 0.3 is 0 Å². The molecule has 1 aliphatic heterocycles. The van der Waals surface area contributed by atoms with E-state index in [4.69, 9.17) is 4.98 Å². The fourth-order valence-electron chi connectivity index (χ4n) is 3.87. The number of carbonyl (C=O) groups excluding carboxylic acids is 1. The van der Waals surface area contributed by atoms with E-state index in [1.54, 1.807) is 23.7 Å². The molecule has 1 fully saturated rings. The van der Waals surface area contributed by atoms with Gasteiger partial charge in [-0.25, -0.2) is 4.98 Å². The molecule has 1 aliphatic rings. The Balaban J connectivity index is 1.47. The Morgan fingerprint density at radius 2 is 2.00 bits per heavy atom. The van der Waals surface area contributed by atoms with Crippen molar-refractivity contribution >= 4 is 44.1 Å². The number of rotatable bonds is 4. The largest absolute Gasteiger partial charge is 0.353 e. The predicted molar refractivity (Wildman–Crippen MR) is 122 cm³/mol. The fourth-order valence-corrected chi connectivity index (χ4v) is 4.80. The molecular weight excluding hydrogens is 394 g/mol. The molecule has 0 aliphatic carbocycles. The van der Waals surface area contributed by atoms with E-state index in [9.17, 15) is 4.79 Å². The van der Waals surface area contributed by atoms with Crippen molar-refractivity contribution in [1.82, 2.24) is 20.2 Å². The summed E-state index contributed by atoms with van der Waals surface area (Å²) >= 11 is 1.73. The second-order valence-corrected chi connectivity index (χ2v) is 8.58. The summed E-state index contributed by atoms with van der Waals surface area (Å²) in [4.78, 5) is 26.5. The summed E-state index contributed by atoms with van der Waals surface area (Å²) in [7, 11) is 2.15. The van der Waals surface area contributed by atoms with E-state index in [1.165, 1.54) is 10.1 Å². The second kappa shape index (κ2) is 8.01. The SMILES string of the molecule is CN1CCN(c2nc3cc(C(=O)NCc4cccnc4)ccc3c3sccc23)CC1. The van der Waals surface area contributed by atoms with Gasteiger partial charge in [0.25, 0.3) is 5.91 Å². The van der Waals surface area contributed by atoms with Crippen molar-refractivity contribution < 1.29 is 4.79 Å². The highest BCUT2D eigenvalue weighted by Crippen LogP contribution is 2.35. The van der Waals surface area contributed by atoms with Gasteiger partial charge in [0.15, 0.2) is 0 Å². The lowest BCUT2D eigenvalue weighted by molar-refractivity contribution is 0.0951. The molecular formula is C23H23N5OS. The molecule has 152 valence electrons. The van der Waals surface area contributed by atoms with Crippen LogP contribution in [-0.4, -0.2) is 54.0 Å². The van der Waals surface area contributed by atoms with Gasteiger partial charge in [-0.3, -0.25) is 9.78 Å². The lowest BCUT2D eigenvalue weighted by Gasteiger charge is -2.33. The molecule has 0 atom stereocenters. The van der Waals surface area contributed by atoms with Crippen molar-refractivity contribution in [1.29, 1.82) is 0 Å². The third-order valence-electron chi connectivity index (χ3n) is 5.62. The van der Waals surface area contributed by atoms with Crippen LogP contribution in [0, 0.1) is 0 Å². The van der Waals surface area contributed by atoms with E-state index in [0.717, 1.165) is 48.5 Å². The van der Waals surface area contributed by atoms with Crippen LogP contribution in [0.4, 0.5) is 5.82 Å². The first kappa shape index (κ1) is 19.0. The third-order valence-corrected chi connectivity index (χ3v) is 6.56. The molecule has 1 aromatic carbocycles. The number of pyridine rings is 2. The number of anilines is 1. The van der Waals surface area contributed by atoms with Crippen LogP contribution in [-0.2, 0) is 6.54 Å². The number of amides is 1. The molecule has 1 amide bonds. The number of piperazine rings is 1. The zero-order chi connectivity index (χ0) is 20.5. The minimum Gasteiger partial charge on any atom is -0.353 e. The highest BCUT2D eigenvalue weighted by atomic mass is 32.1. The average Bonchev–Trinajstić information content (AvgIpc) is 3.28. The summed E-state index contributed by atoms with van der Waals surface area (Å²) in [6, 6.07) is 11.8. The minimum absolute atomic E-state index is 0.102. The first-order chi connectivity index (χ1) is 14.7. The van der Waals surface area contributed by atoms with Crippen molar-refractivity contribution in [3.63, 3.8) is 0 Å². The molecule has 4 aromatic rings. The molecule has 0 spiro atoms. The van der Waals surface area contributed by atoms with Crippen LogP contribution in [0.3, 0.4) is 0 Å². The van der Waals surface area contributed by atoms with Crippen molar-refractivity contribution in [2.75, 3.05) is 38.1 Å². The standard InChI is InChI=1S/C23H23N5OS/c1-27-8-10-28(11-9-27)22-19-6-12-30-21(19)18-5-4-17(13-20(18)26-22)23(29)25-15-16-3-2-7-24-14-16/h2-7,12-14H,8-11,15H2,1H3,(H,25,29). The quantitative estimate of drug-likeness (QED) is 0.550. The Hall–Kier alpha value is -3.03. The van der Waals surface area contributed by atoms with E-state index >= 15 is 0 Å². The first-order valence-corrected chi connectivity index (χ1v) is 11.0. The number of nitrogens with one attached hydrogen (secondary N) is 1. The molecule has 0 saturated carbocycles. The maximum absolute atomic E-state index is 12.7. The van der Waals surface area contributed by atoms with E-state index < -0.39 is 0 Å². The summed E-state index contributed by atoms with van der Waals surface area (Å²) in [5, 5.41) is 7.40. The molecule has 5 rings (SSSR count). The topological polar surface area (TPSA) is 61.4 Å². The average molecular weight is 418 g/mol. The van der Waals surface area contributed by atoms with E-state index in [1.807, 2.05) is 30.3 Å².